The Morgan fingerprint density at radius 2 is 1.09 bits per heavy atom. The lowest BCUT2D eigenvalue weighted by molar-refractivity contribution is 0.682. The first kappa shape index (κ1) is 26.9. The molecule has 6 aromatic carbocycles. The van der Waals surface area contributed by atoms with E-state index in [2.05, 4.69) is 122 Å². The summed E-state index contributed by atoms with van der Waals surface area (Å²) in [7, 11) is 0. The topological polar surface area (TPSA) is 25.8 Å². The fourth-order valence-electron chi connectivity index (χ4n) is 6.73. The van der Waals surface area contributed by atoms with Crippen LogP contribution < -0.4 is 0 Å². The van der Waals surface area contributed by atoms with Crippen LogP contribution in [0.4, 0.5) is 0 Å². The van der Waals surface area contributed by atoms with E-state index in [0.717, 1.165) is 38.4 Å². The van der Waals surface area contributed by atoms with Crippen molar-refractivity contribution in [3.63, 3.8) is 0 Å². The first-order chi connectivity index (χ1) is 21.6. The van der Waals surface area contributed by atoms with Gasteiger partial charge in [-0.1, -0.05) is 127 Å². The van der Waals surface area contributed by atoms with Gasteiger partial charge in [0.05, 0.1) is 27.8 Å². The Morgan fingerprint density at radius 1 is 0.523 bits per heavy atom. The second kappa shape index (κ2) is 10.8. The predicted octanol–water partition coefficient (Wildman–Crippen LogP) is 10.4. The van der Waals surface area contributed by atoms with Crippen LogP contribution in [-0.4, -0.2) is 9.97 Å². The normalized spacial score (nSPS) is 15.5. The summed E-state index contributed by atoms with van der Waals surface area (Å²) in [5.41, 5.74) is 11.3. The highest BCUT2D eigenvalue weighted by Crippen LogP contribution is 2.57. The minimum absolute atomic E-state index is 0.545. The number of thiol groups is 1. The number of rotatable bonds is 4. The number of aromatic nitrogens is 2. The van der Waals surface area contributed by atoms with E-state index in [1.54, 1.807) is 0 Å². The third-order valence-electron chi connectivity index (χ3n) is 8.64. The summed E-state index contributed by atoms with van der Waals surface area (Å²) in [4.78, 5) is 13.8. The molecule has 0 bridgehead atoms. The van der Waals surface area contributed by atoms with Gasteiger partial charge in [-0.15, -0.1) is 12.6 Å². The lowest BCUT2D eigenvalue weighted by Gasteiger charge is -2.43. The Labute approximate surface area is 267 Å². The van der Waals surface area contributed by atoms with Crippen molar-refractivity contribution in [3.05, 3.63) is 173 Å². The largest absolute Gasteiger partial charge is 0.244 e. The van der Waals surface area contributed by atoms with Crippen molar-refractivity contribution >= 4 is 35.4 Å². The Kier molecular flexibility index (Phi) is 6.62. The molecule has 2 nitrogen and oxygen atoms in total. The molecule has 7 aromatic rings. The van der Waals surface area contributed by atoms with Gasteiger partial charge in [-0.05, 0) is 65.1 Å². The van der Waals surface area contributed by atoms with Gasteiger partial charge in [0.15, 0.2) is 0 Å². The Hall–Kier alpha value is -4.64. The average molecular weight is 601 g/mol. The van der Waals surface area contributed by atoms with Gasteiger partial charge in [0.1, 0.15) is 0 Å². The molecule has 0 fully saturated rings. The van der Waals surface area contributed by atoms with Crippen molar-refractivity contribution in [1.29, 1.82) is 0 Å². The SMILES string of the molecule is Cc1cccc2c1C(c1ccc(-c3nc4ccccc4nc3-c3ccccc3)cc1)(c1ccccc1S)c1ccccc1S2. The van der Waals surface area contributed by atoms with Crippen LogP contribution in [0.25, 0.3) is 33.5 Å². The number of fused-ring (bicyclic) bond motifs is 3. The fraction of sp³-hybridized carbons (Fsp3) is 0.0500. The maximum absolute atomic E-state index is 5.16. The maximum Gasteiger partial charge on any atom is 0.0973 e. The van der Waals surface area contributed by atoms with Crippen LogP contribution in [-0.2, 0) is 5.41 Å². The van der Waals surface area contributed by atoms with Crippen LogP contribution in [0.1, 0.15) is 27.8 Å². The van der Waals surface area contributed by atoms with Gasteiger partial charge >= 0.3 is 0 Å². The molecule has 1 unspecified atom stereocenters. The Balaban J connectivity index is 1.40. The lowest BCUT2D eigenvalue weighted by atomic mass is 9.63. The van der Waals surface area contributed by atoms with Gasteiger partial charge in [0, 0.05) is 25.8 Å². The minimum atomic E-state index is -0.545. The third-order valence-corrected chi connectivity index (χ3v) is 10.2. The van der Waals surface area contributed by atoms with Crippen molar-refractivity contribution < 1.29 is 0 Å². The molecule has 8 rings (SSSR count). The van der Waals surface area contributed by atoms with Gasteiger partial charge in [-0.25, -0.2) is 9.97 Å². The van der Waals surface area contributed by atoms with Gasteiger partial charge < -0.3 is 0 Å². The lowest BCUT2D eigenvalue weighted by Crippen LogP contribution is -2.35. The van der Waals surface area contributed by atoms with Crippen LogP contribution in [0.5, 0.6) is 0 Å². The van der Waals surface area contributed by atoms with Crippen molar-refractivity contribution in [1.82, 2.24) is 9.97 Å². The van der Waals surface area contributed by atoms with E-state index in [9.17, 15) is 0 Å². The highest BCUT2D eigenvalue weighted by atomic mass is 32.2. The fourth-order valence-corrected chi connectivity index (χ4v) is 8.33. The molecule has 0 amide bonds. The highest BCUT2D eigenvalue weighted by Gasteiger charge is 2.46. The van der Waals surface area contributed by atoms with E-state index in [-0.39, 0.29) is 0 Å². The number of hydrogen-bond acceptors (Lipinski definition) is 4. The van der Waals surface area contributed by atoms with Crippen molar-refractivity contribution in [2.75, 3.05) is 0 Å². The van der Waals surface area contributed by atoms with Crippen LogP contribution in [0.15, 0.2) is 160 Å². The molecule has 1 aromatic heterocycles. The third kappa shape index (κ3) is 4.21. The minimum Gasteiger partial charge on any atom is -0.244 e. The van der Waals surface area contributed by atoms with Crippen molar-refractivity contribution in [2.45, 2.75) is 27.0 Å². The quantitative estimate of drug-likeness (QED) is 0.204. The Bertz CT molecular complexity index is 2160. The van der Waals surface area contributed by atoms with E-state index in [1.807, 2.05) is 42.1 Å². The van der Waals surface area contributed by atoms with E-state index in [0.29, 0.717) is 0 Å². The molecule has 1 aliphatic heterocycles. The van der Waals surface area contributed by atoms with Crippen LogP contribution >= 0.6 is 24.4 Å². The standard InChI is InChI=1S/C40H28N2S2/c1-26-12-11-21-36-37(26)40(30-15-5-9-19-34(30)43,31-16-6-10-20-35(31)44-36)29-24-22-28(23-25-29)39-38(27-13-3-2-4-14-27)41-32-17-7-8-18-33(32)42-39/h2-25,43H,1H3. The second-order valence-corrected chi connectivity index (χ2v) is 12.7. The molecule has 0 saturated carbocycles. The maximum atomic E-state index is 5.16. The molecule has 0 spiro atoms. The molecule has 1 atom stereocenters. The second-order valence-electron chi connectivity index (χ2n) is 11.2. The van der Waals surface area contributed by atoms with Crippen LogP contribution in [0, 0.1) is 6.92 Å². The highest BCUT2D eigenvalue weighted by molar-refractivity contribution is 7.99. The molecule has 0 saturated heterocycles. The van der Waals surface area contributed by atoms with Gasteiger partial charge in [0.25, 0.3) is 0 Å². The summed E-state index contributed by atoms with van der Waals surface area (Å²) in [5, 5.41) is 0. The number of para-hydroxylation sites is 2. The summed E-state index contributed by atoms with van der Waals surface area (Å²) in [6.07, 6.45) is 0. The number of aryl methyl sites for hydroxylation is 1. The molecule has 44 heavy (non-hydrogen) atoms. The molecule has 0 radical (unpaired) electrons. The zero-order chi connectivity index (χ0) is 29.7. The number of hydrogen-bond donors (Lipinski definition) is 1. The average Bonchev–Trinajstić information content (AvgIpc) is 3.08. The van der Waals surface area contributed by atoms with E-state index in [1.165, 1.54) is 37.6 Å². The number of benzene rings is 6. The smallest absolute Gasteiger partial charge is 0.0973 e. The van der Waals surface area contributed by atoms with E-state index in [4.69, 9.17) is 22.6 Å². The molecule has 0 aliphatic carbocycles. The summed E-state index contributed by atoms with van der Waals surface area (Å²) in [5.74, 6) is 0. The molecule has 0 N–H and O–H groups in total. The van der Waals surface area contributed by atoms with Crippen LogP contribution in [0.2, 0.25) is 0 Å². The van der Waals surface area contributed by atoms with Gasteiger partial charge in [-0.3, -0.25) is 0 Å². The summed E-state index contributed by atoms with van der Waals surface area (Å²) in [6.45, 7) is 2.23. The zero-order valence-electron chi connectivity index (χ0n) is 24.1. The first-order valence-electron chi connectivity index (χ1n) is 14.7. The number of nitrogens with zero attached hydrogens (tertiary/aromatic N) is 2. The predicted molar refractivity (Wildman–Crippen MR) is 185 cm³/mol. The van der Waals surface area contributed by atoms with Crippen LogP contribution in [0.3, 0.4) is 0 Å². The van der Waals surface area contributed by atoms with Crippen molar-refractivity contribution in [3.8, 4) is 22.5 Å². The first-order valence-corrected chi connectivity index (χ1v) is 16.0. The zero-order valence-corrected chi connectivity index (χ0v) is 25.8. The summed E-state index contributed by atoms with van der Waals surface area (Å²) in [6, 6.07) is 51.4. The van der Waals surface area contributed by atoms with E-state index < -0.39 is 5.41 Å². The van der Waals surface area contributed by atoms with Crippen molar-refractivity contribution in [2.24, 2.45) is 0 Å². The molecule has 210 valence electrons. The van der Waals surface area contributed by atoms with E-state index >= 15 is 0 Å². The molecule has 4 heteroatoms. The summed E-state index contributed by atoms with van der Waals surface area (Å²) < 4.78 is 0. The summed E-state index contributed by atoms with van der Waals surface area (Å²) >= 11 is 6.92. The monoisotopic (exact) mass is 600 g/mol. The molecule has 2 heterocycles. The molecular formula is C40H28N2S2. The molecule has 1 aliphatic rings. The molecular weight excluding hydrogens is 573 g/mol. The Morgan fingerprint density at radius 3 is 1.80 bits per heavy atom. The van der Waals surface area contributed by atoms with Gasteiger partial charge in [-0.2, -0.15) is 0 Å². The van der Waals surface area contributed by atoms with Gasteiger partial charge in [0.2, 0.25) is 0 Å².